The van der Waals surface area contributed by atoms with Gasteiger partial charge in [0.1, 0.15) is 11.5 Å². The number of hydrogen-bond donors (Lipinski definition) is 0. The molecule has 2 aromatic carbocycles. The molecule has 1 aliphatic heterocycles. The normalized spacial score (nSPS) is 14.1. The van der Waals surface area contributed by atoms with Crippen molar-refractivity contribution in [3.8, 4) is 11.5 Å². The number of nitrogens with zero attached hydrogens (tertiary/aromatic N) is 2. The van der Waals surface area contributed by atoms with Gasteiger partial charge in [-0.05, 0) is 62.4 Å². The number of carbonyl (C=O) groups is 2. The fraction of sp³-hybridized carbons (Fsp3) is 0.462. The van der Waals surface area contributed by atoms with Gasteiger partial charge < -0.3 is 19.3 Å². The Bertz CT molecular complexity index is 928. The summed E-state index contributed by atoms with van der Waals surface area (Å²) < 4.78 is 11.6. The van der Waals surface area contributed by atoms with Crippen LogP contribution in [0.2, 0.25) is 0 Å². The first-order chi connectivity index (χ1) is 15.5. The van der Waals surface area contributed by atoms with Crippen LogP contribution in [0.4, 0.5) is 0 Å². The first-order valence-corrected chi connectivity index (χ1v) is 11.4. The zero-order valence-electron chi connectivity index (χ0n) is 19.4. The van der Waals surface area contributed by atoms with Crippen LogP contribution in [0.1, 0.15) is 36.0 Å². The van der Waals surface area contributed by atoms with Crippen LogP contribution in [0.15, 0.2) is 42.5 Å². The fourth-order valence-electron chi connectivity index (χ4n) is 3.81. The number of aryl methyl sites for hydroxylation is 2. The predicted octanol–water partition coefficient (Wildman–Crippen LogP) is 3.91. The molecular weight excluding hydrogens is 404 g/mol. The maximum Gasteiger partial charge on any atom is 0.260 e. The second kappa shape index (κ2) is 11.6. The lowest BCUT2D eigenvalue weighted by molar-refractivity contribution is -0.134. The summed E-state index contributed by atoms with van der Waals surface area (Å²) in [5.74, 6) is 1.70. The Morgan fingerprint density at radius 3 is 2.19 bits per heavy atom. The summed E-state index contributed by atoms with van der Waals surface area (Å²) in [6.07, 6.45) is 1.91. The number of rotatable bonds is 8. The van der Waals surface area contributed by atoms with Crippen LogP contribution in [-0.4, -0.2) is 61.0 Å². The SMILES string of the molecule is Cc1ccccc1OCCCC(=O)N1CCCN(C(=O)COc2cccc(C)c2C)CC1. The van der Waals surface area contributed by atoms with Gasteiger partial charge in [-0.15, -0.1) is 0 Å². The van der Waals surface area contributed by atoms with Crippen molar-refractivity contribution in [2.75, 3.05) is 39.4 Å². The number of para-hydroxylation sites is 1. The molecular formula is C26H34N2O4. The molecule has 2 aromatic rings. The van der Waals surface area contributed by atoms with Crippen molar-refractivity contribution in [1.29, 1.82) is 0 Å². The average Bonchev–Trinajstić information content (AvgIpc) is 3.05. The Labute approximate surface area is 191 Å². The highest BCUT2D eigenvalue weighted by Gasteiger charge is 2.22. The minimum Gasteiger partial charge on any atom is -0.493 e. The van der Waals surface area contributed by atoms with E-state index in [1.807, 2.05) is 68.1 Å². The predicted molar refractivity (Wildman–Crippen MR) is 125 cm³/mol. The molecule has 0 bridgehead atoms. The smallest absolute Gasteiger partial charge is 0.260 e. The second-order valence-electron chi connectivity index (χ2n) is 8.32. The lowest BCUT2D eigenvalue weighted by atomic mass is 10.1. The molecule has 0 aliphatic carbocycles. The van der Waals surface area contributed by atoms with Crippen molar-refractivity contribution < 1.29 is 19.1 Å². The van der Waals surface area contributed by atoms with E-state index in [1.54, 1.807) is 4.90 Å². The molecule has 3 rings (SSSR count). The molecule has 2 amide bonds. The van der Waals surface area contributed by atoms with Crippen LogP contribution in [0, 0.1) is 20.8 Å². The highest BCUT2D eigenvalue weighted by Crippen LogP contribution is 2.21. The van der Waals surface area contributed by atoms with Gasteiger partial charge in [0.2, 0.25) is 5.91 Å². The first kappa shape index (κ1) is 23.6. The highest BCUT2D eigenvalue weighted by atomic mass is 16.5. The second-order valence-corrected chi connectivity index (χ2v) is 8.32. The van der Waals surface area contributed by atoms with E-state index in [1.165, 1.54) is 0 Å². The molecule has 0 spiro atoms. The molecule has 0 N–H and O–H groups in total. The topological polar surface area (TPSA) is 59.1 Å². The molecule has 1 saturated heterocycles. The van der Waals surface area contributed by atoms with Crippen molar-refractivity contribution in [3.63, 3.8) is 0 Å². The number of amides is 2. The van der Waals surface area contributed by atoms with E-state index in [9.17, 15) is 9.59 Å². The van der Waals surface area contributed by atoms with Crippen LogP contribution < -0.4 is 9.47 Å². The van der Waals surface area contributed by atoms with E-state index in [0.29, 0.717) is 45.6 Å². The van der Waals surface area contributed by atoms with Gasteiger partial charge in [0.15, 0.2) is 6.61 Å². The Kier molecular flexibility index (Phi) is 8.54. The molecule has 1 aliphatic rings. The number of ether oxygens (including phenoxy) is 2. The average molecular weight is 439 g/mol. The number of benzene rings is 2. The summed E-state index contributed by atoms with van der Waals surface area (Å²) in [6, 6.07) is 13.7. The van der Waals surface area contributed by atoms with Crippen molar-refractivity contribution in [2.24, 2.45) is 0 Å². The fourth-order valence-corrected chi connectivity index (χ4v) is 3.81. The van der Waals surface area contributed by atoms with Gasteiger partial charge in [0.05, 0.1) is 6.61 Å². The summed E-state index contributed by atoms with van der Waals surface area (Å²) in [4.78, 5) is 29.0. The molecule has 32 heavy (non-hydrogen) atoms. The van der Waals surface area contributed by atoms with Crippen molar-refractivity contribution in [3.05, 3.63) is 59.2 Å². The molecule has 1 fully saturated rings. The Balaban J connectivity index is 1.39. The summed E-state index contributed by atoms with van der Waals surface area (Å²) in [5, 5.41) is 0. The van der Waals surface area contributed by atoms with Gasteiger partial charge in [-0.3, -0.25) is 9.59 Å². The highest BCUT2D eigenvalue weighted by molar-refractivity contribution is 5.78. The van der Waals surface area contributed by atoms with Gasteiger partial charge >= 0.3 is 0 Å². The molecule has 0 atom stereocenters. The molecule has 6 heteroatoms. The van der Waals surface area contributed by atoms with E-state index in [2.05, 4.69) is 0 Å². The van der Waals surface area contributed by atoms with E-state index in [0.717, 1.165) is 34.6 Å². The lowest BCUT2D eigenvalue weighted by Gasteiger charge is -2.22. The van der Waals surface area contributed by atoms with Gasteiger partial charge in [-0.2, -0.15) is 0 Å². The largest absolute Gasteiger partial charge is 0.493 e. The molecule has 0 saturated carbocycles. The van der Waals surface area contributed by atoms with E-state index in [-0.39, 0.29) is 18.4 Å². The van der Waals surface area contributed by atoms with E-state index in [4.69, 9.17) is 9.47 Å². The van der Waals surface area contributed by atoms with Crippen molar-refractivity contribution in [2.45, 2.75) is 40.0 Å². The number of carbonyl (C=O) groups excluding carboxylic acids is 2. The lowest BCUT2D eigenvalue weighted by Crippen LogP contribution is -2.39. The molecule has 0 aromatic heterocycles. The van der Waals surface area contributed by atoms with Gasteiger partial charge in [-0.25, -0.2) is 0 Å². The first-order valence-electron chi connectivity index (χ1n) is 11.4. The molecule has 0 unspecified atom stereocenters. The summed E-state index contributed by atoms with van der Waals surface area (Å²) in [5.41, 5.74) is 3.29. The van der Waals surface area contributed by atoms with E-state index >= 15 is 0 Å². The van der Waals surface area contributed by atoms with Crippen LogP contribution in [-0.2, 0) is 9.59 Å². The molecule has 0 radical (unpaired) electrons. The van der Waals surface area contributed by atoms with Crippen LogP contribution in [0.5, 0.6) is 11.5 Å². The van der Waals surface area contributed by atoms with E-state index < -0.39 is 0 Å². The Morgan fingerprint density at radius 2 is 1.44 bits per heavy atom. The Morgan fingerprint density at radius 1 is 0.781 bits per heavy atom. The van der Waals surface area contributed by atoms with Gasteiger partial charge in [0.25, 0.3) is 5.91 Å². The zero-order chi connectivity index (χ0) is 22.9. The van der Waals surface area contributed by atoms with Crippen LogP contribution >= 0.6 is 0 Å². The van der Waals surface area contributed by atoms with Gasteiger partial charge in [0, 0.05) is 32.6 Å². The molecule has 6 nitrogen and oxygen atoms in total. The third-order valence-corrected chi connectivity index (χ3v) is 5.99. The van der Waals surface area contributed by atoms with Crippen LogP contribution in [0.3, 0.4) is 0 Å². The van der Waals surface area contributed by atoms with Crippen molar-refractivity contribution >= 4 is 11.8 Å². The third kappa shape index (κ3) is 6.49. The summed E-state index contributed by atoms with van der Waals surface area (Å²) >= 11 is 0. The minimum atomic E-state index is -0.0353. The monoisotopic (exact) mass is 438 g/mol. The standard InChI is InChI=1S/C26H34N2O4/c1-20-10-6-12-24(22(20)3)32-19-26(30)28-15-8-14-27(16-17-28)25(29)13-7-18-31-23-11-5-4-9-21(23)2/h4-6,9-12H,7-8,13-19H2,1-3H3. The Hall–Kier alpha value is -3.02. The molecule has 1 heterocycles. The van der Waals surface area contributed by atoms with Gasteiger partial charge in [-0.1, -0.05) is 30.3 Å². The maximum atomic E-state index is 12.7. The number of hydrogen-bond acceptors (Lipinski definition) is 4. The summed E-state index contributed by atoms with van der Waals surface area (Å²) in [6.45, 7) is 9.01. The maximum absolute atomic E-state index is 12.7. The minimum absolute atomic E-state index is 0.0223. The van der Waals surface area contributed by atoms with Crippen molar-refractivity contribution in [1.82, 2.24) is 9.80 Å². The van der Waals surface area contributed by atoms with Crippen LogP contribution in [0.25, 0.3) is 0 Å². The molecule has 172 valence electrons. The zero-order valence-corrected chi connectivity index (χ0v) is 19.4. The quantitative estimate of drug-likeness (QED) is 0.587. The summed E-state index contributed by atoms with van der Waals surface area (Å²) in [7, 11) is 0. The third-order valence-electron chi connectivity index (χ3n) is 5.99.